The summed E-state index contributed by atoms with van der Waals surface area (Å²) in [5.41, 5.74) is 6.95. The molecule has 0 fully saturated rings. The van der Waals surface area contributed by atoms with Gasteiger partial charge >= 0.3 is 0 Å². The number of halogens is 1. The number of nitrogens with one attached hydrogen (secondary N) is 1. The Morgan fingerprint density at radius 1 is 1.60 bits per heavy atom. The molecule has 0 aliphatic rings. The van der Waals surface area contributed by atoms with Crippen LogP contribution in [0.1, 0.15) is 13.8 Å². The molecule has 0 saturated carbocycles. The van der Waals surface area contributed by atoms with Gasteiger partial charge in [-0.15, -0.1) is 0 Å². The van der Waals surface area contributed by atoms with E-state index in [2.05, 4.69) is 10.3 Å². The van der Waals surface area contributed by atoms with Gasteiger partial charge in [0.1, 0.15) is 5.15 Å². The van der Waals surface area contributed by atoms with Crippen molar-refractivity contribution in [2.45, 2.75) is 19.4 Å². The van der Waals surface area contributed by atoms with Crippen molar-refractivity contribution in [3.63, 3.8) is 0 Å². The lowest BCUT2D eigenvalue weighted by Crippen LogP contribution is -2.36. The average molecular weight is 230 g/mol. The zero-order valence-corrected chi connectivity index (χ0v) is 9.93. The lowest BCUT2D eigenvalue weighted by molar-refractivity contribution is 0.158. The summed E-state index contributed by atoms with van der Waals surface area (Å²) >= 11 is 5.71. The molecule has 3 N–H and O–H groups in total. The SMILES string of the molecule is COCC(C)(C)Nc1cnc(Cl)cc1N. The minimum Gasteiger partial charge on any atom is -0.397 e. The van der Waals surface area contributed by atoms with Crippen LogP contribution < -0.4 is 11.1 Å². The first-order valence-electron chi connectivity index (χ1n) is 4.63. The molecule has 1 heterocycles. The van der Waals surface area contributed by atoms with Crippen LogP contribution in [0.3, 0.4) is 0 Å². The fourth-order valence-electron chi connectivity index (χ4n) is 1.31. The smallest absolute Gasteiger partial charge is 0.131 e. The second kappa shape index (κ2) is 4.68. The van der Waals surface area contributed by atoms with Gasteiger partial charge in [0.25, 0.3) is 0 Å². The van der Waals surface area contributed by atoms with Gasteiger partial charge in [0.2, 0.25) is 0 Å². The second-order valence-electron chi connectivity index (χ2n) is 4.04. The van der Waals surface area contributed by atoms with Crippen LogP contribution in [0.2, 0.25) is 5.15 Å². The van der Waals surface area contributed by atoms with Crippen LogP contribution in [0.15, 0.2) is 12.3 Å². The molecule has 5 heteroatoms. The highest BCUT2D eigenvalue weighted by Gasteiger charge is 2.18. The Morgan fingerprint density at radius 3 is 2.80 bits per heavy atom. The second-order valence-corrected chi connectivity index (χ2v) is 4.42. The number of hydrogen-bond acceptors (Lipinski definition) is 4. The van der Waals surface area contributed by atoms with Gasteiger partial charge in [-0.25, -0.2) is 4.98 Å². The monoisotopic (exact) mass is 229 g/mol. The van der Waals surface area contributed by atoms with Crippen molar-refractivity contribution in [3.05, 3.63) is 17.4 Å². The number of nitrogen functional groups attached to an aromatic ring is 1. The molecule has 0 saturated heterocycles. The molecule has 0 unspecified atom stereocenters. The summed E-state index contributed by atoms with van der Waals surface area (Å²) in [5.74, 6) is 0. The van der Waals surface area contributed by atoms with Crippen LogP contribution in [0, 0.1) is 0 Å². The van der Waals surface area contributed by atoms with Crippen LogP contribution in [-0.4, -0.2) is 24.2 Å². The Kier molecular flexibility index (Phi) is 3.77. The van der Waals surface area contributed by atoms with Crippen molar-refractivity contribution in [2.75, 3.05) is 24.8 Å². The van der Waals surface area contributed by atoms with E-state index in [9.17, 15) is 0 Å². The third kappa shape index (κ3) is 3.57. The quantitative estimate of drug-likeness (QED) is 0.777. The Bertz CT molecular complexity index is 341. The lowest BCUT2D eigenvalue weighted by Gasteiger charge is -2.27. The predicted molar refractivity (Wildman–Crippen MR) is 63.2 cm³/mol. The number of nitrogens with two attached hydrogens (primary N) is 1. The Hall–Kier alpha value is -1.00. The molecule has 1 rings (SSSR count). The summed E-state index contributed by atoms with van der Waals surface area (Å²) < 4.78 is 5.09. The molecule has 0 spiro atoms. The molecule has 4 nitrogen and oxygen atoms in total. The van der Waals surface area contributed by atoms with Gasteiger partial charge < -0.3 is 15.8 Å². The first-order valence-corrected chi connectivity index (χ1v) is 5.00. The van der Waals surface area contributed by atoms with Crippen molar-refractivity contribution in [2.24, 2.45) is 0 Å². The van der Waals surface area contributed by atoms with Crippen molar-refractivity contribution in [1.29, 1.82) is 0 Å². The molecule has 0 radical (unpaired) electrons. The van der Waals surface area contributed by atoms with E-state index in [1.807, 2.05) is 13.8 Å². The minimum atomic E-state index is -0.196. The molecule has 1 aromatic rings. The minimum absolute atomic E-state index is 0.196. The van der Waals surface area contributed by atoms with Gasteiger partial charge in [-0.2, -0.15) is 0 Å². The number of ether oxygens (including phenoxy) is 1. The number of nitrogens with zero attached hydrogens (tertiary/aromatic N) is 1. The Balaban J connectivity index is 2.80. The van der Waals surface area contributed by atoms with Gasteiger partial charge in [-0.05, 0) is 13.8 Å². The fourth-order valence-corrected chi connectivity index (χ4v) is 1.48. The first kappa shape index (κ1) is 12.1. The van der Waals surface area contributed by atoms with Crippen molar-refractivity contribution in [1.82, 2.24) is 4.98 Å². The standard InChI is InChI=1S/C10H16ClN3O/c1-10(2,6-15-3)14-8-5-13-9(11)4-7(8)12/h4-5,14H,6H2,1-3H3,(H2,12,13). The number of anilines is 2. The van der Waals surface area contributed by atoms with Crippen molar-refractivity contribution >= 4 is 23.0 Å². The summed E-state index contributed by atoms with van der Waals surface area (Å²) in [4.78, 5) is 3.97. The van der Waals surface area contributed by atoms with Crippen LogP contribution in [0.5, 0.6) is 0 Å². The van der Waals surface area contributed by atoms with Gasteiger partial charge in [0.05, 0.1) is 29.7 Å². The summed E-state index contributed by atoms with van der Waals surface area (Å²) in [6, 6.07) is 1.62. The predicted octanol–water partition coefficient (Wildman–Crippen LogP) is 2.15. The zero-order valence-electron chi connectivity index (χ0n) is 9.17. The van der Waals surface area contributed by atoms with E-state index < -0.39 is 0 Å². The van der Waals surface area contributed by atoms with Crippen LogP contribution in [0.25, 0.3) is 0 Å². The molecule has 0 bridgehead atoms. The average Bonchev–Trinajstić information content (AvgIpc) is 2.09. The van der Waals surface area contributed by atoms with Gasteiger partial charge in [0.15, 0.2) is 0 Å². The van der Waals surface area contributed by atoms with Gasteiger partial charge in [-0.1, -0.05) is 11.6 Å². The van der Waals surface area contributed by atoms with Crippen LogP contribution in [-0.2, 0) is 4.74 Å². The molecule has 0 aliphatic carbocycles. The summed E-state index contributed by atoms with van der Waals surface area (Å²) in [7, 11) is 1.66. The topological polar surface area (TPSA) is 60.2 Å². The third-order valence-electron chi connectivity index (χ3n) is 1.88. The molecule has 84 valence electrons. The molecular formula is C10H16ClN3O. The van der Waals surface area contributed by atoms with E-state index in [0.717, 1.165) is 5.69 Å². The van der Waals surface area contributed by atoms with E-state index in [1.54, 1.807) is 19.4 Å². The maximum absolute atomic E-state index is 5.80. The highest BCUT2D eigenvalue weighted by molar-refractivity contribution is 6.29. The number of aromatic nitrogens is 1. The lowest BCUT2D eigenvalue weighted by atomic mass is 10.1. The Labute approximate surface area is 94.8 Å². The van der Waals surface area contributed by atoms with Gasteiger partial charge in [-0.3, -0.25) is 0 Å². The van der Waals surface area contributed by atoms with E-state index in [-0.39, 0.29) is 5.54 Å². The molecule has 0 aromatic carbocycles. The normalized spacial score (nSPS) is 11.5. The zero-order chi connectivity index (χ0) is 11.5. The number of rotatable bonds is 4. The molecule has 0 aliphatic heterocycles. The fraction of sp³-hybridized carbons (Fsp3) is 0.500. The third-order valence-corrected chi connectivity index (χ3v) is 2.09. The highest BCUT2D eigenvalue weighted by atomic mass is 35.5. The maximum Gasteiger partial charge on any atom is 0.131 e. The largest absolute Gasteiger partial charge is 0.397 e. The number of hydrogen-bond donors (Lipinski definition) is 2. The van der Waals surface area contributed by atoms with Crippen molar-refractivity contribution < 1.29 is 4.74 Å². The number of pyridine rings is 1. The maximum atomic E-state index is 5.80. The van der Waals surface area contributed by atoms with E-state index in [0.29, 0.717) is 17.4 Å². The first-order chi connectivity index (χ1) is 6.94. The highest BCUT2D eigenvalue weighted by Crippen LogP contribution is 2.23. The van der Waals surface area contributed by atoms with Crippen LogP contribution in [0.4, 0.5) is 11.4 Å². The Morgan fingerprint density at radius 2 is 2.27 bits per heavy atom. The summed E-state index contributed by atoms with van der Waals surface area (Å²) in [6.07, 6.45) is 1.62. The molecule has 1 aromatic heterocycles. The van der Waals surface area contributed by atoms with E-state index >= 15 is 0 Å². The summed E-state index contributed by atoms with van der Waals surface area (Å²) in [5, 5.41) is 3.63. The van der Waals surface area contributed by atoms with E-state index in [1.165, 1.54) is 0 Å². The van der Waals surface area contributed by atoms with E-state index in [4.69, 9.17) is 22.1 Å². The van der Waals surface area contributed by atoms with Crippen molar-refractivity contribution in [3.8, 4) is 0 Å². The van der Waals surface area contributed by atoms with Crippen LogP contribution >= 0.6 is 11.6 Å². The van der Waals surface area contributed by atoms with Gasteiger partial charge in [0, 0.05) is 13.2 Å². The molecule has 0 amide bonds. The summed E-state index contributed by atoms with van der Waals surface area (Å²) in [6.45, 7) is 4.62. The molecule has 0 atom stereocenters. The molecule has 15 heavy (non-hydrogen) atoms. The molecular weight excluding hydrogens is 214 g/mol. The number of methoxy groups -OCH3 is 1.